The molecule has 0 spiro atoms. The third kappa shape index (κ3) is 5.74. The molecule has 1 atom stereocenters. The van der Waals surface area contributed by atoms with Crippen LogP contribution in [0, 0.1) is 12.7 Å². The van der Waals surface area contributed by atoms with E-state index in [-0.39, 0.29) is 16.7 Å². The van der Waals surface area contributed by atoms with Crippen molar-refractivity contribution in [3.05, 3.63) is 64.2 Å². The minimum atomic E-state index is -1.29. The molecule has 0 aliphatic carbocycles. The minimum Gasteiger partial charge on any atom is -0.478 e. The number of rotatable bonds is 10. The lowest BCUT2D eigenvalue weighted by Crippen LogP contribution is -2.30. The summed E-state index contributed by atoms with van der Waals surface area (Å²) in [5, 5.41) is 11.7. The Balaban J connectivity index is 1.95. The fraction of sp³-hybridized carbons (Fsp3) is 0.400. The van der Waals surface area contributed by atoms with E-state index in [0.29, 0.717) is 18.7 Å². The highest BCUT2D eigenvalue weighted by atomic mass is 32.1. The fourth-order valence-electron chi connectivity index (χ4n) is 3.93. The Morgan fingerprint density at radius 1 is 1.18 bits per heavy atom. The average molecular weight is 472 g/mol. The highest BCUT2D eigenvalue weighted by Crippen LogP contribution is 2.25. The first-order chi connectivity index (χ1) is 15.7. The van der Waals surface area contributed by atoms with E-state index in [1.165, 1.54) is 12.1 Å². The molecule has 176 valence electrons. The number of carboxylic acids is 1. The molecule has 6 nitrogen and oxygen atoms in total. The van der Waals surface area contributed by atoms with Crippen molar-refractivity contribution in [3.63, 3.8) is 0 Å². The van der Waals surface area contributed by atoms with Crippen molar-refractivity contribution in [1.29, 1.82) is 0 Å². The SMILES string of the molecule is CCCc1nc2c(C)cc(CNC(=O)C(S)CCC)cc2n1Cc1ccc(C(=O)O)c(F)c1. The topological polar surface area (TPSA) is 84.2 Å². The number of benzene rings is 2. The maximum Gasteiger partial charge on any atom is 0.338 e. The predicted octanol–water partition coefficient (Wildman–Crippen LogP) is 4.90. The molecule has 33 heavy (non-hydrogen) atoms. The van der Waals surface area contributed by atoms with Crippen LogP contribution in [0.5, 0.6) is 0 Å². The lowest BCUT2D eigenvalue weighted by atomic mass is 10.1. The summed E-state index contributed by atoms with van der Waals surface area (Å²) in [5.41, 5.74) is 4.03. The predicted molar refractivity (Wildman–Crippen MR) is 130 cm³/mol. The van der Waals surface area contributed by atoms with E-state index in [1.54, 1.807) is 6.07 Å². The molecule has 0 saturated heterocycles. The molecule has 0 radical (unpaired) electrons. The van der Waals surface area contributed by atoms with Gasteiger partial charge in [-0.3, -0.25) is 4.79 Å². The fourth-order valence-corrected chi connectivity index (χ4v) is 4.28. The van der Waals surface area contributed by atoms with Crippen molar-refractivity contribution in [2.24, 2.45) is 0 Å². The largest absolute Gasteiger partial charge is 0.478 e. The van der Waals surface area contributed by atoms with Gasteiger partial charge in [0.05, 0.1) is 21.8 Å². The van der Waals surface area contributed by atoms with Crippen LogP contribution < -0.4 is 5.32 Å². The van der Waals surface area contributed by atoms with E-state index in [2.05, 4.69) is 24.9 Å². The Morgan fingerprint density at radius 3 is 2.58 bits per heavy atom. The number of carboxylic acid groups (broad SMARTS) is 1. The van der Waals surface area contributed by atoms with Crippen LogP contribution in [0.15, 0.2) is 30.3 Å². The summed E-state index contributed by atoms with van der Waals surface area (Å²) in [4.78, 5) is 28.2. The van der Waals surface area contributed by atoms with Gasteiger partial charge in [0.1, 0.15) is 11.6 Å². The van der Waals surface area contributed by atoms with Crippen LogP contribution >= 0.6 is 12.6 Å². The average Bonchev–Trinajstić information content (AvgIpc) is 3.10. The first kappa shape index (κ1) is 24.8. The third-order valence-corrected chi connectivity index (χ3v) is 6.09. The number of nitrogens with zero attached hydrogens (tertiary/aromatic N) is 2. The molecule has 3 aromatic rings. The molecule has 0 saturated carbocycles. The molecular formula is C25H30FN3O3S. The highest BCUT2D eigenvalue weighted by Gasteiger charge is 2.17. The molecule has 3 rings (SSSR count). The second-order valence-corrected chi connectivity index (χ2v) is 8.91. The van der Waals surface area contributed by atoms with Crippen molar-refractivity contribution in [1.82, 2.24) is 14.9 Å². The summed E-state index contributed by atoms with van der Waals surface area (Å²) in [7, 11) is 0. The van der Waals surface area contributed by atoms with Gasteiger partial charge < -0.3 is 15.0 Å². The molecule has 8 heteroatoms. The second kappa shape index (κ2) is 10.8. The number of hydrogen-bond donors (Lipinski definition) is 3. The zero-order valence-electron chi connectivity index (χ0n) is 19.2. The number of aromatic nitrogens is 2. The number of halogens is 1. The molecule has 1 aromatic heterocycles. The van der Waals surface area contributed by atoms with E-state index in [9.17, 15) is 14.0 Å². The van der Waals surface area contributed by atoms with Gasteiger partial charge in [-0.2, -0.15) is 12.6 Å². The summed E-state index contributed by atoms with van der Waals surface area (Å²) < 4.78 is 16.3. The quantitative estimate of drug-likeness (QED) is 0.367. The molecule has 2 N–H and O–H groups in total. The maximum atomic E-state index is 14.3. The number of hydrogen-bond acceptors (Lipinski definition) is 4. The van der Waals surface area contributed by atoms with E-state index in [0.717, 1.165) is 53.7 Å². The third-order valence-electron chi connectivity index (χ3n) is 5.59. The molecule has 0 aliphatic heterocycles. The lowest BCUT2D eigenvalue weighted by molar-refractivity contribution is -0.120. The summed E-state index contributed by atoms with van der Waals surface area (Å²) in [6.07, 6.45) is 3.27. The van der Waals surface area contributed by atoms with Crippen molar-refractivity contribution >= 4 is 35.5 Å². The molecular weight excluding hydrogens is 441 g/mol. The first-order valence-electron chi connectivity index (χ1n) is 11.2. The molecule has 1 unspecified atom stereocenters. The van der Waals surface area contributed by atoms with E-state index >= 15 is 0 Å². The van der Waals surface area contributed by atoms with Crippen LogP contribution in [0.25, 0.3) is 11.0 Å². The van der Waals surface area contributed by atoms with Gasteiger partial charge in [-0.05, 0) is 54.7 Å². The van der Waals surface area contributed by atoms with Crippen molar-refractivity contribution < 1.29 is 19.1 Å². The van der Waals surface area contributed by atoms with Crippen LogP contribution in [0.3, 0.4) is 0 Å². The Morgan fingerprint density at radius 2 is 1.94 bits per heavy atom. The smallest absolute Gasteiger partial charge is 0.338 e. The molecule has 1 amide bonds. The summed E-state index contributed by atoms with van der Waals surface area (Å²) in [6, 6.07) is 8.21. The maximum absolute atomic E-state index is 14.3. The van der Waals surface area contributed by atoms with Crippen LogP contribution in [0.2, 0.25) is 0 Å². The summed E-state index contributed by atoms with van der Waals surface area (Å²) in [5.74, 6) is -1.25. The number of aromatic carboxylic acids is 1. The molecule has 1 heterocycles. The number of carbonyl (C=O) groups excluding carboxylic acids is 1. The molecule has 0 aliphatic rings. The Bertz CT molecular complexity index is 1180. The van der Waals surface area contributed by atoms with Gasteiger partial charge in [0, 0.05) is 19.5 Å². The van der Waals surface area contributed by atoms with Gasteiger partial charge in [0.25, 0.3) is 0 Å². The van der Waals surface area contributed by atoms with Crippen LogP contribution in [0.1, 0.15) is 66.0 Å². The summed E-state index contributed by atoms with van der Waals surface area (Å²) in [6.45, 7) is 6.83. The monoisotopic (exact) mass is 471 g/mol. The second-order valence-electron chi connectivity index (χ2n) is 8.29. The summed E-state index contributed by atoms with van der Waals surface area (Å²) >= 11 is 4.36. The van der Waals surface area contributed by atoms with Crippen LogP contribution in [0.4, 0.5) is 4.39 Å². The number of nitrogens with one attached hydrogen (secondary N) is 1. The number of thiol groups is 1. The Hall–Kier alpha value is -2.87. The molecule has 2 aromatic carbocycles. The van der Waals surface area contributed by atoms with Gasteiger partial charge in [-0.15, -0.1) is 0 Å². The Labute approximate surface area is 198 Å². The zero-order valence-corrected chi connectivity index (χ0v) is 20.1. The molecule has 0 fully saturated rings. The highest BCUT2D eigenvalue weighted by molar-refractivity contribution is 7.81. The van der Waals surface area contributed by atoms with E-state index < -0.39 is 11.8 Å². The van der Waals surface area contributed by atoms with Crippen LogP contribution in [-0.2, 0) is 24.3 Å². The van der Waals surface area contributed by atoms with Gasteiger partial charge in [-0.25, -0.2) is 14.2 Å². The Kier molecular flexibility index (Phi) is 8.13. The normalized spacial score (nSPS) is 12.2. The minimum absolute atomic E-state index is 0.0906. The van der Waals surface area contributed by atoms with E-state index in [4.69, 9.17) is 10.1 Å². The number of amides is 1. The van der Waals surface area contributed by atoms with Gasteiger partial charge in [-0.1, -0.05) is 32.4 Å². The van der Waals surface area contributed by atoms with Crippen molar-refractivity contribution in [2.45, 2.75) is 64.8 Å². The number of fused-ring (bicyclic) bond motifs is 1. The van der Waals surface area contributed by atoms with Crippen LogP contribution in [-0.4, -0.2) is 31.8 Å². The number of imidazole rings is 1. The lowest BCUT2D eigenvalue weighted by Gasteiger charge is -2.13. The number of aryl methyl sites for hydroxylation is 2. The van der Waals surface area contributed by atoms with E-state index in [1.807, 2.05) is 30.5 Å². The van der Waals surface area contributed by atoms with Gasteiger partial charge in [0.2, 0.25) is 5.91 Å². The first-order valence-corrected chi connectivity index (χ1v) is 11.7. The van der Waals surface area contributed by atoms with Gasteiger partial charge >= 0.3 is 5.97 Å². The number of carbonyl (C=O) groups is 2. The standard InChI is InChI=1S/C25H30FN3O3S/c1-4-6-21(33)24(30)27-13-17-10-15(3)23-20(12-17)29(22(28-23)7-5-2)14-16-8-9-18(25(31)32)19(26)11-16/h8-12,21,33H,4-7,13-14H2,1-3H3,(H,27,30)(H,31,32). The van der Waals surface area contributed by atoms with Crippen molar-refractivity contribution in [3.8, 4) is 0 Å². The van der Waals surface area contributed by atoms with Crippen molar-refractivity contribution in [2.75, 3.05) is 0 Å². The molecule has 0 bridgehead atoms. The zero-order chi connectivity index (χ0) is 24.1. The van der Waals surface area contributed by atoms with Gasteiger partial charge in [0.15, 0.2) is 0 Å².